The van der Waals surface area contributed by atoms with E-state index in [0.717, 1.165) is 48.9 Å². The van der Waals surface area contributed by atoms with Gasteiger partial charge in [-0.15, -0.1) is 0 Å². The van der Waals surface area contributed by atoms with Gasteiger partial charge in [-0.3, -0.25) is 4.68 Å². The Hall–Kier alpha value is -2.39. The maximum atomic E-state index is 11.6. The van der Waals surface area contributed by atoms with Crippen LogP contribution < -0.4 is 0 Å². The topological polar surface area (TPSA) is 104 Å². The molecule has 0 aliphatic heterocycles. The van der Waals surface area contributed by atoms with Crippen LogP contribution in [0.2, 0.25) is 5.15 Å². The number of halogens is 1. The fraction of sp³-hybridized carbons (Fsp3) is 0.353. The second-order valence-corrected chi connectivity index (χ2v) is 8.72. The monoisotopic (exact) mass is 404 g/mol. The van der Waals surface area contributed by atoms with Gasteiger partial charge in [-0.2, -0.15) is 5.10 Å². The number of fused-ring (bicyclic) bond motifs is 1. The van der Waals surface area contributed by atoms with Crippen molar-refractivity contribution >= 4 is 21.4 Å². The van der Waals surface area contributed by atoms with Gasteiger partial charge in [-0.25, -0.2) is 28.4 Å². The number of hydrogen-bond acceptors (Lipinski definition) is 7. The molecular weight excluding hydrogens is 388 g/mol. The molecule has 0 saturated carbocycles. The summed E-state index contributed by atoms with van der Waals surface area (Å²) in [5.41, 5.74) is 3.69. The molecular formula is C17H17ClN6O2S. The lowest BCUT2D eigenvalue weighted by molar-refractivity contribution is 0.586. The van der Waals surface area contributed by atoms with Gasteiger partial charge in [0, 0.05) is 41.7 Å². The zero-order chi connectivity index (χ0) is 19.0. The molecule has 0 bridgehead atoms. The maximum Gasteiger partial charge on any atom is 0.248 e. The van der Waals surface area contributed by atoms with E-state index in [-0.39, 0.29) is 10.3 Å². The van der Waals surface area contributed by atoms with Crippen molar-refractivity contribution in [1.29, 1.82) is 0 Å². The highest BCUT2D eigenvalue weighted by molar-refractivity contribution is 7.90. The van der Waals surface area contributed by atoms with Crippen LogP contribution in [0.25, 0.3) is 11.5 Å². The molecule has 0 amide bonds. The fourth-order valence-corrected chi connectivity index (χ4v) is 3.96. The molecule has 0 aromatic carbocycles. The van der Waals surface area contributed by atoms with Gasteiger partial charge >= 0.3 is 0 Å². The van der Waals surface area contributed by atoms with Crippen LogP contribution in [0.15, 0.2) is 29.8 Å². The summed E-state index contributed by atoms with van der Waals surface area (Å²) in [6.07, 6.45) is 9.93. The van der Waals surface area contributed by atoms with Crippen molar-refractivity contribution in [2.24, 2.45) is 0 Å². The third-order valence-corrected chi connectivity index (χ3v) is 5.66. The fourth-order valence-electron chi connectivity index (χ4n) is 3.22. The van der Waals surface area contributed by atoms with Crippen molar-refractivity contribution in [3.63, 3.8) is 0 Å². The second-order valence-electron chi connectivity index (χ2n) is 6.45. The summed E-state index contributed by atoms with van der Waals surface area (Å²) in [4.78, 5) is 16.5. The van der Waals surface area contributed by atoms with Crippen molar-refractivity contribution in [2.45, 2.75) is 37.4 Å². The van der Waals surface area contributed by atoms with E-state index in [1.807, 2.05) is 4.68 Å². The van der Waals surface area contributed by atoms with E-state index in [9.17, 15) is 8.42 Å². The van der Waals surface area contributed by atoms with Crippen LogP contribution in [-0.4, -0.2) is 44.4 Å². The van der Waals surface area contributed by atoms with Crippen LogP contribution >= 0.6 is 11.6 Å². The lowest BCUT2D eigenvalue weighted by Crippen LogP contribution is -2.12. The van der Waals surface area contributed by atoms with Crippen LogP contribution in [0.1, 0.15) is 29.7 Å². The normalized spacial score (nSPS) is 14.1. The molecule has 8 nitrogen and oxygen atoms in total. The van der Waals surface area contributed by atoms with Crippen molar-refractivity contribution in [1.82, 2.24) is 29.7 Å². The zero-order valence-electron chi connectivity index (χ0n) is 14.6. The van der Waals surface area contributed by atoms with Gasteiger partial charge in [0.25, 0.3) is 0 Å². The number of hydrogen-bond donors (Lipinski definition) is 0. The Morgan fingerprint density at radius 3 is 2.59 bits per heavy atom. The molecule has 4 rings (SSSR count). The van der Waals surface area contributed by atoms with Crippen LogP contribution in [0.4, 0.5) is 0 Å². The van der Waals surface area contributed by atoms with Gasteiger partial charge in [0.2, 0.25) is 15.0 Å². The Bertz CT molecular complexity index is 1100. The predicted molar refractivity (Wildman–Crippen MR) is 99.1 cm³/mol. The molecule has 0 radical (unpaired) electrons. The third kappa shape index (κ3) is 3.57. The molecule has 27 heavy (non-hydrogen) atoms. The smallest absolute Gasteiger partial charge is 0.248 e. The number of aromatic nitrogens is 6. The van der Waals surface area contributed by atoms with Crippen LogP contribution in [0.5, 0.6) is 0 Å². The molecule has 0 atom stereocenters. The molecule has 0 fully saturated rings. The first-order chi connectivity index (χ1) is 12.9. The van der Waals surface area contributed by atoms with Crippen molar-refractivity contribution in [2.75, 3.05) is 6.26 Å². The SMILES string of the molecule is CS(=O)(=O)c1ncc(Cn2nc(-c3ncccn3)c3c2CCCC3)c(Cl)n1. The van der Waals surface area contributed by atoms with E-state index in [2.05, 4.69) is 19.9 Å². The molecule has 0 unspecified atom stereocenters. The Morgan fingerprint density at radius 1 is 1.15 bits per heavy atom. The quantitative estimate of drug-likeness (QED) is 0.484. The Balaban J connectivity index is 1.74. The first-order valence-corrected chi connectivity index (χ1v) is 10.8. The maximum absolute atomic E-state index is 11.6. The summed E-state index contributed by atoms with van der Waals surface area (Å²) in [6.45, 7) is 0.359. The van der Waals surface area contributed by atoms with E-state index < -0.39 is 9.84 Å². The zero-order valence-corrected chi connectivity index (χ0v) is 16.2. The van der Waals surface area contributed by atoms with E-state index >= 15 is 0 Å². The average molecular weight is 405 g/mol. The molecule has 0 spiro atoms. The van der Waals surface area contributed by atoms with Gasteiger partial charge in [0.15, 0.2) is 5.82 Å². The Labute approximate surface area is 161 Å². The van der Waals surface area contributed by atoms with E-state index in [4.69, 9.17) is 16.7 Å². The Morgan fingerprint density at radius 2 is 1.89 bits per heavy atom. The molecule has 10 heteroatoms. The molecule has 3 aromatic heterocycles. The van der Waals surface area contributed by atoms with Crippen LogP contribution in [0, 0.1) is 0 Å². The van der Waals surface area contributed by atoms with Crippen LogP contribution in [0.3, 0.4) is 0 Å². The molecule has 0 N–H and O–H groups in total. The van der Waals surface area contributed by atoms with Gasteiger partial charge in [0.05, 0.1) is 6.54 Å². The number of nitrogens with zero attached hydrogens (tertiary/aromatic N) is 6. The summed E-state index contributed by atoms with van der Waals surface area (Å²) in [6, 6.07) is 1.77. The summed E-state index contributed by atoms with van der Waals surface area (Å²) in [5.74, 6) is 0.601. The summed E-state index contributed by atoms with van der Waals surface area (Å²) in [5, 5.41) is 4.56. The second kappa shape index (κ2) is 6.97. The largest absolute Gasteiger partial charge is 0.264 e. The van der Waals surface area contributed by atoms with E-state index in [1.165, 1.54) is 6.20 Å². The van der Waals surface area contributed by atoms with Crippen LogP contribution in [-0.2, 0) is 29.2 Å². The summed E-state index contributed by atoms with van der Waals surface area (Å²) in [7, 11) is -3.51. The third-order valence-electron chi connectivity index (χ3n) is 4.48. The lowest BCUT2D eigenvalue weighted by Gasteiger charge is -2.14. The van der Waals surface area contributed by atoms with Crippen molar-refractivity contribution < 1.29 is 8.42 Å². The average Bonchev–Trinajstić information content (AvgIpc) is 3.02. The molecule has 3 aromatic rings. The lowest BCUT2D eigenvalue weighted by atomic mass is 9.95. The highest BCUT2D eigenvalue weighted by Gasteiger charge is 2.24. The van der Waals surface area contributed by atoms with Gasteiger partial charge in [-0.05, 0) is 31.7 Å². The molecule has 1 aliphatic carbocycles. The standard InChI is InChI=1S/C17H17ClN6O2S/c1-27(25,26)17-21-9-11(15(18)22-17)10-24-13-6-3-2-5-12(13)14(23-24)16-19-7-4-8-20-16/h4,7-9H,2-3,5-6,10H2,1H3. The summed E-state index contributed by atoms with van der Waals surface area (Å²) >= 11 is 6.21. The first kappa shape index (κ1) is 18.0. The molecule has 1 aliphatic rings. The molecule has 3 heterocycles. The highest BCUT2D eigenvalue weighted by Crippen LogP contribution is 2.30. The minimum Gasteiger partial charge on any atom is -0.264 e. The van der Waals surface area contributed by atoms with Crippen molar-refractivity contribution in [3.8, 4) is 11.5 Å². The van der Waals surface area contributed by atoms with Crippen molar-refractivity contribution in [3.05, 3.63) is 46.6 Å². The number of rotatable bonds is 4. The molecule has 0 saturated heterocycles. The van der Waals surface area contributed by atoms with E-state index in [1.54, 1.807) is 18.5 Å². The molecule has 140 valence electrons. The van der Waals surface area contributed by atoms with Gasteiger partial charge < -0.3 is 0 Å². The number of sulfone groups is 1. The van der Waals surface area contributed by atoms with Gasteiger partial charge in [0.1, 0.15) is 10.8 Å². The minimum absolute atomic E-state index is 0.114. The highest BCUT2D eigenvalue weighted by atomic mass is 35.5. The van der Waals surface area contributed by atoms with E-state index in [0.29, 0.717) is 17.9 Å². The van der Waals surface area contributed by atoms with Gasteiger partial charge in [-0.1, -0.05) is 11.6 Å². The summed E-state index contributed by atoms with van der Waals surface area (Å²) < 4.78 is 25.1. The minimum atomic E-state index is -3.51. The predicted octanol–water partition coefficient (Wildman–Crippen LogP) is 2.11. The first-order valence-electron chi connectivity index (χ1n) is 8.51. The Kier molecular flexibility index (Phi) is 4.65.